The Morgan fingerprint density at radius 2 is 2.07 bits per heavy atom. The van der Waals surface area contributed by atoms with Crippen LogP contribution in [0, 0.1) is 13.8 Å². The summed E-state index contributed by atoms with van der Waals surface area (Å²) < 4.78 is 1.88. The van der Waals surface area contributed by atoms with E-state index in [9.17, 15) is 0 Å². The van der Waals surface area contributed by atoms with Crippen LogP contribution >= 0.6 is 0 Å². The average Bonchev–Trinajstić information content (AvgIpc) is 2.74. The molecule has 0 amide bonds. The third kappa shape index (κ3) is 1.68. The van der Waals surface area contributed by atoms with Gasteiger partial charge in [-0.15, -0.1) is 0 Å². The van der Waals surface area contributed by atoms with Gasteiger partial charge in [0.25, 0.3) is 0 Å². The Morgan fingerprint density at radius 3 is 2.67 bits per heavy atom. The van der Waals surface area contributed by atoms with Crippen LogP contribution in [0.1, 0.15) is 11.4 Å². The normalized spacial score (nSPS) is 10.3. The van der Waals surface area contributed by atoms with Gasteiger partial charge in [-0.25, -0.2) is 15.0 Å². The Labute approximate surface area is 88.2 Å². The van der Waals surface area contributed by atoms with Crippen molar-refractivity contribution in [3.8, 4) is 5.82 Å². The Bertz CT molecular complexity index is 461. The van der Waals surface area contributed by atoms with E-state index in [1.54, 1.807) is 12.5 Å². The van der Waals surface area contributed by atoms with Crippen LogP contribution in [0.4, 0.5) is 5.82 Å². The van der Waals surface area contributed by atoms with Crippen LogP contribution in [0.15, 0.2) is 18.7 Å². The van der Waals surface area contributed by atoms with Crippen molar-refractivity contribution in [2.24, 2.45) is 0 Å². The average molecular weight is 203 g/mol. The SMILES string of the molecule is CNc1nc(C)nc(-n2ccnc2)c1C. The van der Waals surface area contributed by atoms with Crippen LogP contribution in [0.5, 0.6) is 0 Å². The molecule has 0 radical (unpaired) electrons. The highest BCUT2D eigenvalue weighted by Gasteiger charge is 2.08. The summed E-state index contributed by atoms with van der Waals surface area (Å²) in [6.45, 7) is 3.86. The van der Waals surface area contributed by atoms with E-state index in [0.29, 0.717) is 0 Å². The highest BCUT2D eigenvalue weighted by atomic mass is 15.1. The van der Waals surface area contributed by atoms with Crippen molar-refractivity contribution in [1.29, 1.82) is 0 Å². The second-order valence-electron chi connectivity index (χ2n) is 3.29. The zero-order valence-electron chi connectivity index (χ0n) is 9.02. The Kier molecular flexibility index (Phi) is 2.37. The fourth-order valence-corrected chi connectivity index (χ4v) is 1.49. The molecule has 5 nitrogen and oxygen atoms in total. The van der Waals surface area contributed by atoms with E-state index in [4.69, 9.17) is 0 Å². The molecule has 0 aliphatic heterocycles. The van der Waals surface area contributed by atoms with Gasteiger partial charge in [0.05, 0.1) is 0 Å². The Balaban J connectivity index is 2.61. The van der Waals surface area contributed by atoms with Crippen molar-refractivity contribution >= 4 is 5.82 Å². The molecule has 0 aliphatic carbocycles. The smallest absolute Gasteiger partial charge is 0.146 e. The topological polar surface area (TPSA) is 55.6 Å². The molecule has 78 valence electrons. The number of hydrogen-bond acceptors (Lipinski definition) is 4. The van der Waals surface area contributed by atoms with Gasteiger partial charge in [0.2, 0.25) is 0 Å². The summed E-state index contributed by atoms with van der Waals surface area (Å²) in [5.74, 6) is 2.46. The van der Waals surface area contributed by atoms with E-state index in [-0.39, 0.29) is 0 Å². The first-order valence-corrected chi connectivity index (χ1v) is 4.73. The standard InChI is InChI=1S/C10H13N5/c1-7-9(11-3)13-8(2)14-10(7)15-5-4-12-6-15/h4-6H,1-3H3,(H,11,13,14). The molecular weight excluding hydrogens is 190 g/mol. The molecule has 0 atom stereocenters. The fourth-order valence-electron chi connectivity index (χ4n) is 1.49. The van der Waals surface area contributed by atoms with Crippen LogP contribution in [0.2, 0.25) is 0 Å². The monoisotopic (exact) mass is 203 g/mol. The molecule has 1 N–H and O–H groups in total. The van der Waals surface area contributed by atoms with Gasteiger partial charge in [-0.3, -0.25) is 4.57 Å². The summed E-state index contributed by atoms with van der Waals surface area (Å²) in [7, 11) is 1.85. The molecule has 0 unspecified atom stereocenters. The van der Waals surface area contributed by atoms with E-state index in [1.165, 1.54) is 0 Å². The number of anilines is 1. The summed E-state index contributed by atoms with van der Waals surface area (Å²) in [6, 6.07) is 0. The molecule has 0 aromatic carbocycles. The van der Waals surface area contributed by atoms with Crippen molar-refractivity contribution in [1.82, 2.24) is 19.5 Å². The first kappa shape index (κ1) is 9.64. The molecule has 0 aliphatic rings. The molecule has 2 heterocycles. The summed E-state index contributed by atoms with van der Waals surface area (Å²) in [5.41, 5.74) is 1.01. The van der Waals surface area contributed by atoms with Crippen molar-refractivity contribution in [2.75, 3.05) is 12.4 Å². The Morgan fingerprint density at radius 1 is 1.27 bits per heavy atom. The van der Waals surface area contributed by atoms with E-state index < -0.39 is 0 Å². The predicted octanol–water partition coefficient (Wildman–Crippen LogP) is 1.32. The lowest BCUT2D eigenvalue weighted by Crippen LogP contribution is -2.06. The number of hydrogen-bond donors (Lipinski definition) is 1. The largest absolute Gasteiger partial charge is 0.373 e. The molecule has 5 heteroatoms. The zero-order valence-corrected chi connectivity index (χ0v) is 9.02. The van der Waals surface area contributed by atoms with Gasteiger partial charge in [0.1, 0.15) is 23.8 Å². The molecule has 2 aromatic rings. The lowest BCUT2D eigenvalue weighted by molar-refractivity contribution is 0.920. The molecule has 0 spiro atoms. The van der Waals surface area contributed by atoms with Gasteiger partial charge in [-0.2, -0.15) is 0 Å². The van der Waals surface area contributed by atoms with Crippen LogP contribution in [-0.4, -0.2) is 26.6 Å². The van der Waals surface area contributed by atoms with Crippen LogP contribution < -0.4 is 5.32 Å². The quantitative estimate of drug-likeness (QED) is 0.799. The van der Waals surface area contributed by atoms with Crippen molar-refractivity contribution < 1.29 is 0 Å². The molecule has 0 saturated heterocycles. The molecular formula is C10H13N5. The third-order valence-corrected chi connectivity index (χ3v) is 2.22. The molecule has 15 heavy (non-hydrogen) atoms. The molecule has 0 saturated carbocycles. The van der Waals surface area contributed by atoms with Crippen LogP contribution in [-0.2, 0) is 0 Å². The number of nitrogens with one attached hydrogen (secondary N) is 1. The van der Waals surface area contributed by atoms with Crippen molar-refractivity contribution in [2.45, 2.75) is 13.8 Å². The highest BCUT2D eigenvalue weighted by Crippen LogP contribution is 2.17. The lowest BCUT2D eigenvalue weighted by atomic mass is 10.3. The third-order valence-electron chi connectivity index (χ3n) is 2.22. The van der Waals surface area contributed by atoms with Crippen molar-refractivity contribution in [3.63, 3.8) is 0 Å². The maximum atomic E-state index is 4.40. The van der Waals surface area contributed by atoms with Gasteiger partial charge in [-0.05, 0) is 13.8 Å². The van der Waals surface area contributed by atoms with Gasteiger partial charge in [0.15, 0.2) is 0 Å². The maximum Gasteiger partial charge on any atom is 0.146 e. The number of aromatic nitrogens is 4. The van der Waals surface area contributed by atoms with Gasteiger partial charge >= 0.3 is 0 Å². The van der Waals surface area contributed by atoms with E-state index in [1.807, 2.05) is 31.7 Å². The van der Waals surface area contributed by atoms with Crippen LogP contribution in [0.25, 0.3) is 5.82 Å². The second-order valence-corrected chi connectivity index (χ2v) is 3.29. The van der Waals surface area contributed by atoms with Crippen LogP contribution in [0.3, 0.4) is 0 Å². The molecule has 2 aromatic heterocycles. The zero-order chi connectivity index (χ0) is 10.8. The van der Waals surface area contributed by atoms with E-state index in [0.717, 1.165) is 23.0 Å². The second kappa shape index (κ2) is 3.68. The minimum absolute atomic E-state index is 0.744. The van der Waals surface area contributed by atoms with Gasteiger partial charge in [-0.1, -0.05) is 0 Å². The Hall–Kier alpha value is -1.91. The van der Waals surface area contributed by atoms with E-state index >= 15 is 0 Å². The number of nitrogens with zero attached hydrogens (tertiary/aromatic N) is 4. The summed E-state index contributed by atoms with van der Waals surface area (Å²) in [6.07, 6.45) is 5.33. The number of imidazole rings is 1. The van der Waals surface area contributed by atoms with Gasteiger partial charge < -0.3 is 5.32 Å². The molecule has 2 rings (SSSR count). The summed E-state index contributed by atoms with van der Waals surface area (Å²) in [5, 5.41) is 3.05. The predicted molar refractivity (Wildman–Crippen MR) is 58.2 cm³/mol. The summed E-state index contributed by atoms with van der Waals surface area (Å²) >= 11 is 0. The summed E-state index contributed by atoms with van der Waals surface area (Å²) in [4.78, 5) is 12.7. The fraction of sp³-hybridized carbons (Fsp3) is 0.300. The molecule has 0 fully saturated rings. The minimum Gasteiger partial charge on any atom is -0.373 e. The lowest BCUT2D eigenvalue weighted by Gasteiger charge is -2.10. The first-order chi connectivity index (χ1) is 7.22. The maximum absolute atomic E-state index is 4.40. The number of aryl methyl sites for hydroxylation is 1. The van der Waals surface area contributed by atoms with E-state index in [2.05, 4.69) is 20.3 Å². The highest BCUT2D eigenvalue weighted by molar-refractivity contribution is 5.51. The molecule has 0 bridgehead atoms. The minimum atomic E-state index is 0.744. The van der Waals surface area contributed by atoms with Crippen molar-refractivity contribution in [3.05, 3.63) is 30.1 Å². The van der Waals surface area contributed by atoms with Gasteiger partial charge in [0, 0.05) is 25.0 Å². The number of rotatable bonds is 2. The first-order valence-electron chi connectivity index (χ1n) is 4.73.